The van der Waals surface area contributed by atoms with E-state index in [0.717, 1.165) is 23.9 Å². The maximum absolute atomic E-state index is 11.6. The van der Waals surface area contributed by atoms with E-state index >= 15 is 0 Å². The number of morpholine rings is 1. The summed E-state index contributed by atoms with van der Waals surface area (Å²) in [6.07, 6.45) is -0.365. The molecule has 7 heteroatoms. The first kappa shape index (κ1) is 15.2. The number of nitrogens with zero attached hydrogens (tertiary/aromatic N) is 3. The van der Waals surface area contributed by atoms with Gasteiger partial charge in [-0.05, 0) is 6.92 Å². The molecule has 1 unspecified atom stereocenters. The Balaban J connectivity index is 2.00. The van der Waals surface area contributed by atoms with Crippen LogP contribution in [0.5, 0.6) is 0 Å². The van der Waals surface area contributed by atoms with Crippen LogP contribution in [0.25, 0.3) is 0 Å². The van der Waals surface area contributed by atoms with Crippen LogP contribution in [0.15, 0.2) is 0 Å². The van der Waals surface area contributed by atoms with Crippen LogP contribution in [0.2, 0.25) is 0 Å². The summed E-state index contributed by atoms with van der Waals surface area (Å²) in [5.74, 6) is -0.0512. The van der Waals surface area contributed by atoms with Gasteiger partial charge in [-0.1, -0.05) is 0 Å². The van der Waals surface area contributed by atoms with Crippen molar-refractivity contribution in [1.29, 1.82) is 0 Å². The average Bonchev–Trinajstić information content (AvgIpc) is 2.80. The van der Waals surface area contributed by atoms with Crippen molar-refractivity contribution in [3.05, 3.63) is 10.6 Å². The second-order valence-electron chi connectivity index (χ2n) is 5.11. The Kier molecular flexibility index (Phi) is 4.95. The number of carbonyl (C=O) groups is 1. The molecule has 1 aliphatic rings. The van der Waals surface area contributed by atoms with E-state index in [1.54, 1.807) is 18.4 Å². The Labute approximate surface area is 123 Å². The zero-order chi connectivity index (χ0) is 14.7. The van der Waals surface area contributed by atoms with Gasteiger partial charge < -0.3 is 15.0 Å². The maximum atomic E-state index is 11.6. The molecular formula is C13H22N4O2S. The normalized spacial score (nSPS) is 19.9. The van der Waals surface area contributed by atoms with Crippen LogP contribution in [0, 0.1) is 6.92 Å². The van der Waals surface area contributed by atoms with E-state index in [9.17, 15) is 4.79 Å². The number of ether oxygens (including phenoxy) is 1. The number of rotatable bonds is 4. The Morgan fingerprint density at radius 1 is 1.60 bits per heavy atom. The highest BCUT2D eigenvalue weighted by Crippen LogP contribution is 2.26. The predicted octanol–water partition coefficient (Wildman–Crippen LogP) is 0.464. The van der Waals surface area contributed by atoms with E-state index in [1.807, 2.05) is 25.9 Å². The number of nitrogens with one attached hydrogen (secondary N) is 1. The molecule has 2 rings (SSSR count). The van der Waals surface area contributed by atoms with Gasteiger partial charge in [0, 0.05) is 45.7 Å². The molecular weight excluding hydrogens is 276 g/mol. The first-order valence-corrected chi connectivity index (χ1v) is 7.52. The minimum Gasteiger partial charge on any atom is -0.366 e. The molecule has 1 saturated heterocycles. The lowest BCUT2D eigenvalue weighted by atomic mass is 10.2. The SMILES string of the molecule is CNC(=O)C1CN(Cc2sc(N(C)C)nc2C)CCO1. The van der Waals surface area contributed by atoms with Crippen molar-refractivity contribution in [3.8, 4) is 0 Å². The smallest absolute Gasteiger partial charge is 0.250 e. The summed E-state index contributed by atoms with van der Waals surface area (Å²) in [4.78, 5) is 21.7. The highest BCUT2D eigenvalue weighted by atomic mass is 32.1. The molecule has 1 aromatic heterocycles. The molecule has 1 amide bonds. The van der Waals surface area contributed by atoms with E-state index < -0.39 is 0 Å². The summed E-state index contributed by atoms with van der Waals surface area (Å²) in [6, 6.07) is 0. The summed E-state index contributed by atoms with van der Waals surface area (Å²) in [5.41, 5.74) is 1.07. The molecule has 0 aliphatic carbocycles. The highest BCUT2D eigenvalue weighted by molar-refractivity contribution is 7.15. The average molecular weight is 298 g/mol. The summed E-state index contributed by atoms with van der Waals surface area (Å²) >= 11 is 1.71. The molecule has 1 N–H and O–H groups in total. The lowest BCUT2D eigenvalue weighted by Crippen LogP contribution is -2.48. The molecule has 0 aromatic carbocycles. The van der Waals surface area contributed by atoms with Gasteiger partial charge in [-0.2, -0.15) is 0 Å². The number of aryl methyl sites for hydroxylation is 1. The summed E-state index contributed by atoms with van der Waals surface area (Å²) in [5, 5.41) is 3.66. The number of thiazole rings is 1. The standard InChI is InChI=1S/C13H22N4O2S/c1-9-11(20-13(15-9)16(3)4)8-17-5-6-19-10(7-17)12(18)14-2/h10H,5-8H2,1-4H3,(H,14,18). The van der Waals surface area contributed by atoms with E-state index in [1.165, 1.54) is 4.88 Å². The van der Waals surface area contributed by atoms with Crippen LogP contribution < -0.4 is 10.2 Å². The molecule has 2 heterocycles. The van der Waals surface area contributed by atoms with Crippen LogP contribution in [-0.2, 0) is 16.1 Å². The minimum atomic E-state index is -0.365. The Morgan fingerprint density at radius 2 is 2.35 bits per heavy atom. The number of carbonyl (C=O) groups excluding carboxylic acids is 1. The van der Waals surface area contributed by atoms with Crippen LogP contribution in [-0.4, -0.2) is 62.7 Å². The molecule has 1 atom stereocenters. The number of aromatic nitrogens is 1. The number of likely N-dealkylation sites (N-methyl/N-ethyl adjacent to an activating group) is 1. The highest BCUT2D eigenvalue weighted by Gasteiger charge is 2.26. The van der Waals surface area contributed by atoms with Crippen molar-refractivity contribution in [2.75, 3.05) is 45.7 Å². The molecule has 112 valence electrons. The number of amides is 1. The topological polar surface area (TPSA) is 57.7 Å². The summed E-state index contributed by atoms with van der Waals surface area (Å²) in [6.45, 7) is 4.94. The number of anilines is 1. The quantitative estimate of drug-likeness (QED) is 0.875. The van der Waals surface area contributed by atoms with Crippen LogP contribution >= 0.6 is 11.3 Å². The molecule has 1 aliphatic heterocycles. The van der Waals surface area contributed by atoms with E-state index in [-0.39, 0.29) is 12.0 Å². The van der Waals surface area contributed by atoms with Gasteiger partial charge in [-0.15, -0.1) is 11.3 Å². The second kappa shape index (κ2) is 6.51. The summed E-state index contributed by atoms with van der Waals surface area (Å²) in [7, 11) is 5.64. The monoisotopic (exact) mass is 298 g/mol. The third-order valence-electron chi connectivity index (χ3n) is 3.32. The van der Waals surface area contributed by atoms with Gasteiger partial charge in [0.2, 0.25) is 5.91 Å². The fourth-order valence-corrected chi connectivity index (χ4v) is 3.15. The van der Waals surface area contributed by atoms with Crippen molar-refractivity contribution in [2.24, 2.45) is 0 Å². The van der Waals surface area contributed by atoms with E-state index in [2.05, 4.69) is 15.2 Å². The zero-order valence-corrected chi connectivity index (χ0v) is 13.3. The lowest BCUT2D eigenvalue weighted by molar-refractivity contribution is -0.138. The first-order valence-electron chi connectivity index (χ1n) is 6.70. The number of hydrogen-bond donors (Lipinski definition) is 1. The van der Waals surface area contributed by atoms with E-state index in [4.69, 9.17) is 4.74 Å². The van der Waals surface area contributed by atoms with Gasteiger partial charge in [0.1, 0.15) is 6.10 Å². The summed E-state index contributed by atoms with van der Waals surface area (Å²) < 4.78 is 5.50. The minimum absolute atomic E-state index is 0.0512. The van der Waals surface area contributed by atoms with Gasteiger partial charge in [0.25, 0.3) is 0 Å². The molecule has 6 nitrogen and oxygen atoms in total. The molecule has 0 radical (unpaired) electrons. The number of hydrogen-bond acceptors (Lipinski definition) is 6. The Bertz CT molecular complexity index is 475. The van der Waals surface area contributed by atoms with Crippen molar-refractivity contribution >= 4 is 22.4 Å². The fourth-order valence-electron chi connectivity index (χ4n) is 2.12. The second-order valence-corrected chi connectivity index (χ2v) is 6.17. The van der Waals surface area contributed by atoms with Gasteiger partial charge in [-0.3, -0.25) is 9.69 Å². The molecule has 1 aromatic rings. The molecule has 20 heavy (non-hydrogen) atoms. The van der Waals surface area contributed by atoms with Crippen molar-refractivity contribution in [2.45, 2.75) is 19.6 Å². The van der Waals surface area contributed by atoms with Gasteiger partial charge >= 0.3 is 0 Å². The van der Waals surface area contributed by atoms with Crippen LogP contribution in [0.1, 0.15) is 10.6 Å². The van der Waals surface area contributed by atoms with Crippen LogP contribution in [0.3, 0.4) is 0 Å². The molecule has 1 fully saturated rings. The molecule has 0 saturated carbocycles. The third kappa shape index (κ3) is 3.47. The van der Waals surface area contributed by atoms with E-state index in [0.29, 0.717) is 13.2 Å². The zero-order valence-electron chi connectivity index (χ0n) is 12.5. The third-order valence-corrected chi connectivity index (χ3v) is 4.63. The molecule has 0 spiro atoms. The van der Waals surface area contributed by atoms with Gasteiger partial charge in [0.05, 0.1) is 12.3 Å². The predicted molar refractivity (Wildman–Crippen MR) is 80.3 cm³/mol. The maximum Gasteiger partial charge on any atom is 0.250 e. The Hall–Kier alpha value is -1.18. The van der Waals surface area contributed by atoms with Crippen molar-refractivity contribution in [1.82, 2.24) is 15.2 Å². The fraction of sp³-hybridized carbons (Fsp3) is 0.692. The molecule has 0 bridgehead atoms. The van der Waals surface area contributed by atoms with Crippen molar-refractivity contribution < 1.29 is 9.53 Å². The van der Waals surface area contributed by atoms with Gasteiger partial charge in [-0.25, -0.2) is 4.98 Å². The van der Waals surface area contributed by atoms with Crippen LogP contribution in [0.4, 0.5) is 5.13 Å². The van der Waals surface area contributed by atoms with Crippen molar-refractivity contribution in [3.63, 3.8) is 0 Å². The first-order chi connectivity index (χ1) is 9.51. The lowest BCUT2D eigenvalue weighted by Gasteiger charge is -2.31. The largest absolute Gasteiger partial charge is 0.366 e. The Morgan fingerprint density at radius 3 is 2.95 bits per heavy atom. The van der Waals surface area contributed by atoms with Gasteiger partial charge in [0.15, 0.2) is 5.13 Å².